The summed E-state index contributed by atoms with van der Waals surface area (Å²) >= 11 is 0. The van der Waals surface area contributed by atoms with Gasteiger partial charge in [0.1, 0.15) is 5.75 Å². The normalized spacial score (nSPS) is 12.9. The zero-order chi connectivity index (χ0) is 13.5. The van der Waals surface area contributed by atoms with Gasteiger partial charge in [-0.15, -0.1) is 0 Å². The van der Waals surface area contributed by atoms with Gasteiger partial charge in [0.15, 0.2) is 0 Å². The van der Waals surface area contributed by atoms with Crippen molar-refractivity contribution in [1.82, 2.24) is 10.6 Å². The van der Waals surface area contributed by atoms with E-state index in [-0.39, 0.29) is 5.91 Å². The molecule has 1 aromatic rings. The van der Waals surface area contributed by atoms with E-state index in [4.69, 9.17) is 4.74 Å². The lowest BCUT2D eigenvalue weighted by atomic mass is 10.1. The van der Waals surface area contributed by atoms with E-state index in [1.165, 1.54) is 11.1 Å². The van der Waals surface area contributed by atoms with Gasteiger partial charge in [-0.1, -0.05) is 19.1 Å². The van der Waals surface area contributed by atoms with Crippen molar-refractivity contribution in [2.75, 3.05) is 26.2 Å². The third-order valence-electron chi connectivity index (χ3n) is 3.20. The molecule has 19 heavy (non-hydrogen) atoms. The molecule has 4 nitrogen and oxygen atoms in total. The Labute approximate surface area is 114 Å². The van der Waals surface area contributed by atoms with Crippen LogP contribution in [0.15, 0.2) is 18.2 Å². The first-order valence-electron chi connectivity index (χ1n) is 7.01. The van der Waals surface area contributed by atoms with E-state index in [1.54, 1.807) is 0 Å². The summed E-state index contributed by atoms with van der Waals surface area (Å²) in [6.07, 6.45) is 2.92. The summed E-state index contributed by atoms with van der Waals surface area (Å²) in [5, 5.41) is 6.01. The van der Waals surface area contributed by atoms with Crippen LogP contribution in [0.2, 0.25) is 0 Å². The number of carbonyl (C=O) groups is 1. The number of ether oxygens (including phenoxy) is 1. The van der Waals surface area contributed by atoms with Crippen LogP contribution in [0.3, 0.4) is 0 Å². The molecule has 1 amide bonds. The molecule has 0 fully saturated rings. The fourth-order valence-corrected chi connectivity index (χ4v) is 2.16. The third-order valence-corrected chi connectivity index (χ3v) is 3.20. The Morgan fingerprint density at radius 3 is 3.11 bits per heavy atom. The number of rotatable bonds is 7. The minimum atomic E-state index is 0.0733. The Morgan fingerprint density at radius 1 is 1.37 bits per heavy atom. The lowest BCUT2D eigenvalue weighted by Crippen LogP contribution is -2.35. The first-order valence-corrected chi connectivity index (χ1v) is 7.01. The molecular formula is C15H22N2O2. The van der Waals surface area contributed by atoms with Crippen molar-refractivity contribution >= 4 is 5.91 Å². The van der Waals surface area contributed by atoms with Crippen LogP contribution >= 0.6 is 0 Å². The van der Waals surface area contributed by atoms with Gasteiger partial charge in [0.25, 0.3) is 0 Å². The van der Waals surface area contributed by atoms with E-state index in [0.29, 0.717) is 6.54 Å². The van der Waals surface area contributed by atoms with Gasteiger partial charge in [-0.2, -0.15) is 0 Å². The summed E-state index contributed by atoms with van der Waals surface area (Å²) < 4.78 is 5.48. The number of benzene rings is 1. The predicted octanol–water partition coefficient (Wildman–Crippen LogP) is 1.28. The summed E-state index contributed by atoms with van der Waals surface area (Å²) in [6, 6.07) is 6.36. The maximum absolute atomic E-state index is 11.4. The first kappa shape index (κ1) is 13.9. The van der Waals surface area contributed by atoms with E-state index < -0.39 is 0 Å². The molecular weight excluding hydrogens is 240 g/mol. The van der Waals surface area contributed by atoms with Gasteiger partial charge in [-0.05, 0) is 36.6 Å². The molecule has 1 aliphatic rings. The van der Waals surface area contributed by atoms with Crippen molar-refractivity contribution in [3.05, 3.63) is 29.3 Å². The van der Waals surface area contributed by atoms with E-state index >= 15 is 0 Å². The number of amides is 1. The van der Waals surface area contributed by atoms with Gasteiger partial charge in [0.2, 0.25) is 5.91 Å². The molecule has 0 radical (unpaired) electrons. The molecule has 1 aromatic carbocycles. The number of nitrogens with one attached hydrogen (secondary N) is 2. The smallest absolute Gasteiger partial charge is 0.233 e. The topological polar surface area (TPSA) is 50.4 Å². The molecule has 0 aliphatic carbocycles. The fourth-order valence-electron chi connectivity index (χ4n) is 2.16. The Kier molecular flexibility index (Phi) is 5.21. The van der Waals surface area contributed by atoms with Crippen LogP contribution in [0, 0.1) is 0 Å². The van der Waals surface area contributed by atoms with Crippen LogP contribution in [0.1, 0.15) is 24.5 Å². The monoisotopic (exact) mass is 262 g/mol. The number of hydrogen-bond donors (Lipinski definition) is 2. The highest BCUT2D eigenvalue weighted by molar-refractivity contribution is 5.77. The van der Waals surface area contributed by atoms with Crippen LogP contribution in [0.5, 0.6) is 5.75 Å². The minimum Gasteiger partial charge on any atom is -0.493 e. The molecule has 0 atom stereocenters. The van der Waals surface area contributed by atoms with Gasteiger partial charge in [-0.3, -0.25) is 4.79 Å². The fraction of sp³-hybridized carbons (Fsp3) is 0.533. The summed E-state index contributed by atoms with van der Waals surface area (Å²) in [5.74, 6) is 1.10. The Balaban J connectivity index is 1.67. The Hall–Kier alpha value is -1.55. The van der Waals surface area contributed by atoms with Crippen molar-refractivity contribution in [2.45, 2.75) is 26.2 Å². The Bertz CT molecular complexity index is 432. The largest absolute Gasteiger partial charge is 0.493 e. The van der Waals surface area contributed by atoms with E-state index in [9.17, 15) is 4.79 Å². The lowest BCUT2D eigenvalue weighted by molar-refractivity contribution is -0.120. The van der Waals surface area contributed by atoms with Crippen LogP contribution in [0.25, 0.3) is 0 Å². The lowest BCUT2D eigenvalue weighted by Gasteiger charge is -2.07. The van der Waals surface area contributed by atoms with Crippen LogP contribution in [0.4, 0.5) is 0 Å². The van der Waals surface area contributed by atoms with Crippen molar-refractivity contribution in [2.24, 2.45) is 0 Å². The zero-order valence-corrected chi connectivity index (χ0v) is 11.5. The second-order valence-electron chi connectivity index (χ2n) is 4.82. The third kappa shape index (κ3) is 4.24. The SMILES string of the molecule is CCCNC(=O)CNCCc1ccc2c(c1)CCO2. The standard InChI is InChI=1S/C15H22N2O2/c1-2-7-17-15(18)11-16-8-5-12-3-4-14-13(10-12)6-9-19-14/h3-4,10,16H,2,5-9,11H2,1H3,(H,17,18). The molecule has 0 spiro atoms. The summed E-state index contributed by atoms with van der Waals surface area (Å²) in [6.45, 7) is 4.82. The maximum Gasteiger partial charge on any atom is 0.233 e. The second-order valence-corrected chi connectivity index (χ2v) is 4.82. The van der Waals surface area contributed by atoms with Crippen molar-refractivity contribution in [3.8, 4) is 5.75 Å². The number of fused-ring (bicyclic) bond motifs is 1. The first-order chi connectivity index (χ1) is 9.29. The summed E-state index contributed by atoms with van der Waals surface area (Å²) in [5.41, 5.74) is 2.60. The molecule has 0 saturated carbocycles. The molecule has 2 N–H and O–H groups in total. The van der Waals surface area contributed by atoms with Crippen molar-refractivity contribution in [3.63, 3.8) is 0 Å². The van der Waals surface area contributed by atoms with Crippen LogP contribution in [-0.4, -0.2) is 32.1 Å². The van der Waals surface area contributed by atoms with E-state index in [2.05, 4.69) is 22.8 Å². The molecule has 0 saturated heterocycles. The average Bonchev–Trinajstić information content (AvgIpc) is 2.88. The van der Waals surface area contributed by atoms with E-state index in [1.807, 2.05) is 13.0 Å². The average molecular weight is 262 g/mol. The molecule has 0 aromatic heterocycles. The molecule has 1 aliphatic heterocycles. The highest BCUT2D eigenvalue weighted by Gasteiger charge is 2.11. The van der Waals surface area contributed by atoms with Gasteiger partial charge in [-0.25, -0.2) is 0 Å². The second kappa shape index (κ2) is 7.14. The highest BCUT2D eigenvalue weighted by Crippen LogP contribution is 2.25. The molecule has 0 unspecified atom stereocenters. The van der Waals surface area contributed by atoms with Crippen molar-refractivity contribution in [1.29, 1.82) is 0 Å². The highest BCUT2D eigenvalue weighted by atomic mass is 16.5. The molecule has 2 rings (SSSR count). The van der Waals surface area contributed by atoms with Gasteiger partial charge in [0.05, 0.1) is 13.2 Å². The molecule has 104 valence electrons. The minimum absolute atomic E-state index is 0.0733. The van der Waals surface area contributed by atoms with Gasteiger partial charge in [0, 0.05) is 13.0 Å². The van der Waals surface area contributed by atoms with Gasteiger partial charge >= 0.3 is 0 Å². The Morgan fingerprint density at radius 2 is 2.26 bits per heavy atom. The summed E-state index contributed by atoms with van der Waals surface area (Å²) in [4.78, 5) is 11.4. The van der Waals surface area contributed by atoms with Crippen molar-refractivity contribution < 1.29 is 9.53 Å². The van der Waals surface area contributed by atoms with Crippen LogP contribution < -0.4 is 15.4 Å². The molecule has 1 heterocycles. The van der Waals surface area contributed by atoms with E-state index in [0.717, 1.165) is 44.7 Å². The van der Waals surface area contributed by atoms with Gasteiger partial charge < -0.3 is 15.4 Å². The summed E-state index contributed by atoms with van der Waals surface area (Å²) in [7, 11) is 0. The van der Waals surface area contributed by atoms with Crippen LogP contribution in [-0.2, 0) is 17.6 Å². The maximum atomic E-state index is 11.4. The predicted molar refractivity (Wildman–Crippen MR) is 75.5 cm³/mol. The molecule has 4 heteroatoms. The number of carbonyl (C=O) groups excluding carboxylic acids is 1. The quantitative estimate of drug-likeness (QED) is 0.728. The number of hydrogen-bond acceptors (Lipinski definition) is 3. The molecule has 0 bridgehead atoms. The zero-order valence-electron chi connectivity index (χ0n) is 11.5.